The molecular formula is C17H12O4. The van der Waals surface area contributed by atoms with E-state index >= 15 is 0 Å². The van der Waals surface area contributed by atoms with Crippen LogP contribution in [0.2, 0.25) is 0 Å². The molecule has 0 aliphatic carbocycles. The zero-order valence-corrected chi connectivity index (χ0v) is 11.0. The number of carbonyl (C=O) groups excluding carboxylic acids is 1. The summed E-state index contributed by atoms with van der Waals surface area (Å²) in [6, 6.07) is 16.2. The Kier molecular flexibility index (Phi) is 3.20. The van der Waals surface area contributed by atoms with E-state index in [-0.39, 0.29) is 17.1 Å². The van der Waals surface area contributed by atoms with Gasteiger partial charge in [-0.2, -0.15) is 0 Å². The van der Waals surface area contributed by atoms with E-state index < -0.39 is 5.97 Å². The number of phenols is 2. The molecular weight excluding hydrogens is 268 g/mol. The van der Waals surface area contributed by atoms with Crippen molar-refractivity contribution in [3.63, 3.8) is 0 Å². The first-order valence-electron chi connectivity index (χ1n) is 6.37. The van der Waals surface area contributed by atoms with Crippen LogP contribution < -0.4 is 4.74 Å². The highest BCUT2D eigenvalue weighted by atomic mass is 16.5. The van der Waals surface area contributed by atoms with Crippen molar-refractivity contribution in [1.82, 2.24) is 0 Å². The fourth-order valence-electron chi connectivity index (χ4n) is 2.17. The van der Waals surface area contributed by atoms with Gasteiger partial charge in [0.25, 0.3) is 0 Å². The van der Waals surface area contributed by atoms with Gasteiger partial charge in [0, 0.05) is 5.39 Å². The molecule has 0 atom stereocenters. The first-order valence-corrected chi connectivity index (χ1v) is 6.37. The molecule has 3 aromatic rings. The van der Waals surface area contributed by atoms with E-state index in [4.69, 9.17) is 4.74 Å². The number of phenolic OH excluding ortho intramolecular Hbond substituents is 2. The van der Waals surface area contributed by atoms with E-state index in [2.05, 4.69) is 0 Å². The van der Waals surface area contributed by atoms with E-state index in [1.54, 1.807) is 36.4 Å². The monoisotopic (exact) mass is 280 g/mol. The lowest BCUT2D eigenvalue weighted by Crippen LogP contribution is -2.09. The van der Waals surface area contributed by atoms with Crippen LogP contribution in [0.5, 0.6) is 17.2 Å². The first-order chi connectivity index (χ1) is 10.1. The third-order valence-corrected chi connectivity index (χ3v) is 3.14. The Hall–Kier alpha value is -3.01. The van der Waals surface area contributed by atoms with Crippen LogP contribution in [0.4, 0.5) is 0 Å². The van der Waals surface area contributed by atoms with Crippen LogP contribution in [0.15, 0.2) is 60.7 Å². The van der Waals surface area contributed by atoms with Crippen molar-refractivity contribution >= 4 is 16.7 Å². The summed E-state index contributed by atoms with van der Waals surface area (Å²) in [4.78, 5) is 12.3. The summed E-state index contributed by atoms with van der Waals surface area (Å²) in [6.07, 6.45) is 0. The van der Waals surface area contributed by atoms with Crippen molar-refractivity contribution in [2.75, 3.05) is 0 Å². The van der Waals surface area contributed by atoms with E-state index in [0.29, 0.717) is 16.5 Å². The minimum Gasteiger partial charge on any atom is -0.508 e. The third kappa shape index (κ3) is 2.51. The second-order valence-electron chi connectivity index (χ2n) is 4.57. The van der Waals surface area contributed by atoms with Gasteiger partial charge in [-0.3, -0.25) is 0 Å². The smallest absolute Gasteiger partial charge is 0.347 e. The SMILES string of the molecule is O=C(Oc1ccccc1)c1c(O)ccc2cc(O)ccc12. The van der Waals surface area contributed by atoms with Gasteiger partial charge in [0.1, 0.15) is 22.8 Å². The van der Waals surface area contributed by atoms with Crippen LogP contribution in [0.1, 0.15) is 10.4 Å². The molecule has 3 rings (SSSR count). The van der Waals surface area contributed by atoms with Gasteiger partial charge >= 0.3 is 5.97 Å². The normalized spacial score (nSPS) is 10.5. The number of rotatable bonds is 2. The van der Waals surface area contributed by atoms with E-state index in [1.807, 2.05) is 6.07 Å². The van der Waals surface area contributed by atoms with Crippen LogP contribution >= 0.6 is 0 Å². The lowest BCUT2D eigenvalue weighted by molar-refractivity contribution is 0.0734. The third-order valence-electron chi connectivity index (χ3n) is 3.14. The summed E-state index contributed by atoms with van der Waals surface area (Å²) >= 11 is 0. The number of esters is 1. The fourth-order valence-corrected chi connectivity index (χ4v) is 2.17. The molecule has 3 aromatic carbocycles. The Labute approximate surface area is 120 Å². The molecule has 0 unspecified atom stereocenters. The summed E-state index contributed by atoms with van der Waals surface area (Å²) in [5.74, 6) is -0.308. The molecule has 2 N–H and O–H groups in total. The molecule has 104 valence electrons. The van der Waals surface area contributed by atoms with Gasteiger partial charge in [0.2, 0.25) is 0 Å². The van der Waals surface area contributed by atoms with Gasteiger partial charge in [-0.1, -0.05) is 24.3 Å². The van der Waals surface area contributed by atoms with Gasteiger partial charge in [-0.05, 0) is 41.8 Å². The van der Waals surface area contributed by atoms with Gasteiger partial charge < -0.3 is 14.9 Å². The van der Waals surface area contributed by atoms with Crippen LogP contribution in [-0.2, 0) is 0 Å². The summed E-state index contributed by atoms with van der Waals surface area (Å²) in [5, 5.41) is 20.6. The van der Waals surface area contributed by atoms with Gasteiger partial charge in [0.05, 0.1) is 0 Å². The minimum atomic E-state index is -0.644. The number of fused-ring (bicyclic) bond motifs is 1. The Balaban J connectivity index is 2.07. The van der Waals surface area contributed by atoms with E-state index in [1.165, 1.54) is 18.2 Å². The highest BCUT2D eigenvalue weighted by molar-refractivity contribution is 6.07. The van der Waals surface area contributed by atoms with Crippen LogP contribution in [0.3, 0.4) is 0 Å². The number of hydrogen-bond donors (Lipinski definition) is 2. The molecule has 0 aliphatic rings. The molecule has 0 aromatic heterocycles. The van der Waals surface area contributed by atoms with Crippen LogP contribution in [0.25, 0.3) is 10.8 Å². The van der Waals surface area contributed by atoms with Gasteiger partial charge in [-0.15, -0.1) is 0 Å². The van der Waals surface area contributed by atoms with Crippen molar-refractivity contribution in [1.29, 1.82) is 0 Å². The first kappa shape index (κ1) is 13.0. The Morgan fingerprint density at radius 1 is 0.905 bits per heavy atom. The minimum absolute atomic E-state index is 0.0800. The zero-order valence-electron chi connectivity index (χ0n) is 11.0. The largest absolute Gasteiger partial charge is 0.508 e. The fraction of sp³-hybridized carbons (Fsp3) is 0. The van der Waals surface area contributed by atoms with Crippen molar-refractivity contribution in [2.45, 2.75) is 0 Å². The molecule has 0 radical (unpaired) electrons. The van der Waals surface area contributed by atoms with Crippen molar-refractivity contribution in [2.24, 2.45) is 0 Å². The van der Waals surface area contributed by atoms with Crippen LogP contribution in [0, 0.1) is 0 Å². The molecule has 21 heavy (non-hydrogen) atoms. The molecule has 0 saturated heterocycles. The molecule has 0 saturated carbocycles. The number of aromatic hydroxyl groups is 2. The average molecular weight is 280 g/mol. The molecule has 0 aliphatic heterocycles. The summed E-state index contributed by atoms with van der Waals surface area (Å²) in [5.41, 5.74) is 0.0800. The molecule has 4 nitrogen and oxygen atoms in total. The van der Waals surface area contributed by atoms with Crippen molar-refractivity contribution < 1.29 is 19.7 Å². The summed E-state index contributed by atoms with van der Waals surface area (Å²) < 4.78 is 5.26. The maximum atomic E-state index is 12.3. The molecule has 0 spiro atoms. The number of ether oxygens (including phenoxy) is 1. The van der Waals surface area contributed by atoms with Crippen molar-refractivity contribution in [3.05, 3.63) is 66.2 Å². The topological polar surface area (TPSA) is 66.8 Å². The summed E-state index contributed by atoms with van der Waals surface area (Å²) in [6.45, 7) is 0. The Morgan fingerprint density at radius 3 is 2.43 bits per heavy atom. The quantitative estimate of drug-likeness (QED) is 0.557. The maximum absolute atomic E-state index is 12.3. The predicted octanol–water partition coefficient (Wildman–Crippen LogP) is 3.47. The lowest BCUT2D eigenvalue weighted by atomic mass is 10.0. The van der Waals surface area contributed by atoms with Gasteiger partial charge in [0.15, 0.2) is 0 Å². The second kappa shape index (κ2) is 5.17. The molecule has 0 heterocycles. The molecule has 0 amide bonds. The molecule has 4 heteroatoms. The number of carbonyl (C=O) groups is 1. The second-order valence-corrected chi connectivity index (χ2v) is 4.57. The highest BCUT2D eigenvalue weighted by Crippen LogP contribution is 2.30. The molecule has 0 fully saturated rings. The number of benzene rings is 3. The predicted molar refractivity (Wildman–Crippen MR) is 78.7 cm³/mol. The Morgan fingerprint density at radius 2 is 1.67 bits per heavy atom. The maximum Gasteiger partial charge on any atom is 0.347 e. The molecule has 0 bridgehead atoms. The summed E-state index contributed by atoms with van der Waals surface area (Å²) in [7, 11) is 0. The van der Waals surface area contributed by atoms with E-state index in [0.717, 1.165) is 0 Å². The lowest BCUT2D eigenvalue weighted by Gasteiger charge is -2.09. The highest BCUT2D eigenvalue weighted by Gasteiger charge is 2.17. The number of hydrogen-bond acceptors (Lipinski definition) is 4. The standard InChI is InChI=1S/C17H12O4/c18-12-7-8-14-11(10-12)6-9-15(19)16(14)17(20)21-13-4-2-1-3-5-13/h1-10,18-19H. The average Bonchev–Trinajstić information content (AvgIpc) is 2.48. The van der Waals surface area contributed by atoms with Crippen molar-refractivity contribution in [3.8, 4) is 17.2 Å². The Bertz CT molecular complexity index is 810. The zero-order chi connectivity index (χ0) is 14.8. The van der Waals surface area contributed by atoms with Gasteiger partial charge in [-0.25, -0.2) is 4.79 Å². The van der Waals surface area contributed by atoms with Crippen LogP contribution in [-0.4, -0.2) is 16.2 Å². The van der Waals surface area contributed by atoms with E-state index in [9.17, 15) is 15.0 Å². The number of para-hydroxylation sites is 1.